The maximum Gasteiger partial charge on any atom is 0.294 e. The summed E-state index contributed by atoms with van der Waals surface area (Å²) in [5.74, 6) is -0.243. The lowest BCUT2D eigenvalue weighted by Gasteiger charge is -2.15. The van der Waals surface area contributed by atoms with Crippen LogP contribution < -0.4 is 4.90 Å². The fraction of sp³-hybridized carbons (Fsp3) is 0.176. The highest BCUT2D eigenvalue weighted by atomic mass is 35.5. The molecule has 28 heavy (non-hydrogen) atoms. The van der Waals surface area contributed by atoms with Gasteiger partial charge in [0.1, 0.15) is 9.11 Å². The number of thiophene rings is 1. The van der Waals surface area contributed by atoms with Crippen LogP contribution in [0.4, 0.5) is 5.69 Å². The quantitative estimate of drug-likeness (QED) is 0.616. The Hall–Kier alpha value is -1.46. The fourth-order valence-electron chi connectivity index (χ4n) is 2.77. The van der Waals surface area contributed by atoms with Crippen molar-refractivity contribution in [1.29, 1.82) is 0 Å². The van der Waals surface area contributed by atoms with Gasteiger partial charge in [0.2, 0.25) is 0 Å². The Morgan fingerprint density at radius 2 is 1.89 bits per heavy atom. The number of halogens is 1. The normalized spacial score (nSPS) is 21.1. The summed E-state index contributed by atoms with van der Waals surface area (Å²) in [4.78, 5) is 17.8. The molecule has 1 aromatic heterocycles. The number of fused-ring (bicyclic) bond motifs is 1. The Labute approximate surface area is 180 Å². The van der Waals surface area contributed by atoms with Gasteiger partial charge in [0.25, 0.3) is 15.9 Å². The molecule has 0 radical (unpaired) electrons. The van der Waals surface area contributed by atoms with Crippen LogP contribution in [0.5, 0.6) is 0 Å². The van der Waals surface area contributed by atoms with Crippen LogP contribution in [0.2, 0.25) is 4.34 Å². The van der Waals surface area contributed by atoms with Crippen molar-refractivity contribution in [1.82, 2.24) is 4.90 Å². The van der Waals surface area contributed by atoms with Crippen molar-refractivity contribution < 1.29 is 13.2 Å². The van der Waals surface area contributed by atoms with E-state index in [9.17, 15) is 13.2 Å². The first-order valence-corrected chi connectivity index (χ1v) is 12.4. The van der Waals surface area contributed by atoms with E-state index in [2.05, 4.69) is 4.40 Å². The minimum absolute atomic E-state index is 0.0509. The van der Waals surface area contributed by atoms with Crippen LogP contribution in [-0.4, -0.2) is 38.0 Å². The van der Waals surface area contributed by atoms with Gasteiger partial charge >= 0.3 is 0 Å². The summed E-state index contributed by atoms with van der Waals surface area (Å²) in [6.07, 6.45) is 0. The molecule has 3 heterocycles. The van der Waals surface area contributed by atoms with Gasteiger partial charge in [-0.05, 0) is 43.0 Å². The maximum absolute atomic E-state index is 13.0. The molecule has 0 atom stereocenters. The Kier molecular flexibility index (Phi) is 5.25. The molecule has 0 aliphatic carbocycles. The maximum atomic E-state index is 13.0. The lowest BCUT2D eigenvalue weighted by molar-refractivity contribution is -0.122. The van der Waals surface area contributed by atoms with Crippen molar-refractivity contribution in [3.63, 3.8) is 0 Å². The first-order valence-electron chi connectivity index (χ1n) is 8.16. The lowest BCUT2D eigenvalue weighted by Crippen LogP contribution is -2.29. The number of benzene rings is 1. The summed E-state index contributed by atoms with van der Waals surface area (Å²) in [6.45, 7) is 2.11. The Morgan fingerprint density at radius 3 is 2.54 bits per heavy atom. The van der Waals surface area contributed by atoms with Gasteiger partial charge in [0, 0.05) is 18.5 Å². The standard InChI is InChI=1S/C17H14ClN3O3S4/c1-3-21-15(22)14(16-20(2)10-6-4-5-7-11(10)25-16)27-17(21)19-28(23,24)13-9-8-12(18)26-13/h4-9H,3H2,1-2H3/b16-14+,19-17+. The average Bonchev–Trinajstić information content (AvgIpc) is 3.32. The Bertz CT molecular complexity index is 1140. The van der Waals surface area contributed by atoms with Crippen LogP contribution in [0.3, 0.4) is 0 Å². The number of amidine groups is 1. The van der Waals surface area contributed by atoms with E-state index < -0.39 is 10.0 Å². The van der Waals surface area contributed by atoms with Crippen molar-refractivity contribution >= 4 is 73.2 Å². The van der Waals surface area contributed by atoms with Crippen molar-refractivity contribution in [2.24, 2.45) is 4.40 Å². The van der Waals surface area contributed by atoms with E-state index in [0.717, 1.165) is 38.7 Å². The zero-order valence-corrected chi connectivity index (χ0v) is 18.8. The van der Waals surface area contributed by atoms with Gasteiger partial charge in [-0.3, -0.25) is 9.69 Å². The molecule has 2 aliphatic rings. The molecule has 146 valence electrons. The van der Waals surface area contributed by atoms with E-state index >= 15 is 0 Å². The van der Waals surface area contributed by atoms with Crippen LogP contribution in [0, 0.1) is 0 Å². The summed E-state index contributed by atoms with van der Waals surface area (Å²) < 4.78 is 29.6. The summed E-state index contributed by atoms with van der Waals surface area (Å²) >= 11 is 9.37. The van der Waals surface area contributed by atoms with Gasteiger partial charge in [-0.25, -0.2) is 0 Å². The molecular weight excluding hydrogens is 458 g/mol. The summed E-state index contributed by atoms with van der Waals surface area (Å²) in [6, 6.07) is 10.8. The molecule has 1 fully saturated rings. The fourth-order valence-corrected chi connectivity index (χ4v) is 7.82. The number of hydrogen-bond acceptors (Lipinski definition) is 7. The predicted octanol–water partition coefficient (Wildman–Crippen LogP) is 4.45. The zero-order chi connectivity index (χ0) is 20.1. The van der Waals surface area contributed by atoms with Crippen LogP contribution >= 0.6 is 46.5 Å². The Morgan fingerprint density at radius 1 is 1.14 bits per heavy atom. The van der Waals surface area contributed by atoms with E-state index in [1.807, 2.05) is 36.2 Å². The number of likely N-dealkylation sites (N-methyl/N-ethyl adjacent to an activating group) is 1. The molecule has 6 nitrogen and oxygen atoms in total. The van der Waals surface area contributed by atoms with Crippen LogP contribution in [0.25, 0.3) is 0 Å². The van der Waals surface area contributed by atoms with Gasteiger partial charge < -0.3 is 4.90 Å². The number of nitrogens with zero attached hydrogens (tertiary/aromatic N) is 3. The van der Waals surface area contributed by atoms with Crippen LogP contribution in [0.15, 0.2) is 59.8 Å². The van der Waals surface area contributed by atoms with Gasteiger partial charge in [-0.2, -0.15) is 8.42 Å². The van der Waals surface area contributed by atoms with Gasteiger partial charge in [0.15, 0.2) is 5.17 Å². The second-order valence-corrected chi connectivity index (χ2v) is 11.4. The molecule has 2 aliphatic heterocycles. The van der Waals surface area contributed by atoms with Crippen molar-refractivity contribution in [3.05, 3.63) is 50.7 Å². The van der Waals surface area contributed by atoms with E-state index in [0.29, 0.717) is 15.8 Å². The Balaban J connectivity index is 1.74. The molecule has 0 spiro atoms. The number of sulfonamides is 1. The van der Waals surface area contributed by atoms with Gasteiger partial charge in [-0.1, -0.05) is 35.5 Å². The molecule has 0 saturated carbocycles. The monoisotopic (exact) mass is 471 g/mol. The van der Waals surface area contributed by atoms with Gasteiger partial charge in [0.05, 0.1) is 15.1 Å². The minimum atomic E-state index is -3.94. The number of rotatable bonds is 3. The second-order valence-electron chi connectivity index (χ2n) is 5.82. The minimum Gasteiger partial charge on any atom is -0.337 e. The third-order valence-corrected chi connectivity index (χ3v) is 9.63. The largest absolute Gasteiger partial charge is 0.337 e. The van der Waals surface area contributed by atoms with E-state index in [1.165, 1.54) is 28.8 Å². The third kappa shape index (κ3) is 3.37. The van der Waals surface area contributed by atoms with Crippen molar-refractivity contribution in [2.75, 3.05) is 18.5 Å². The number of para-hydroxylation sites is 1. The number of thioether (sulfide) groups is 2. The first kappa shape index (κ1) is 19.8. The predicted molar refractivity (Wildman–Crippen MR) is 117 cm³/mol. The molecule has 1 aromatic carbocycles. The molecule has 1 amide bonds. The van der Waals surface area contributed by atoms with Gasteiger partial charge in [-0.15, -0.1) is 15.7 Å². The summed E-state index contributed by atoms with van der Waals surface area (Å²) in [7, 11) is -2.05. The SMILES string of the molecule is CCN1C(=O)/C(=C2\Sc3ccccc3N2C)S/C1=N/S(=O)(=O)c1ccc(Cl)s1. The molecule has 1 saturated heterocycles. The third-order valence-electron chi connectivity index (χ3n) is 4.11. The van der Waals surface area contributed by atoms with Crippen molar-refractivity contribution in [2.45, 2.75) is 16.0 Å². The molecule has 2 aromatic rings. The summed E-state index contributed by atoms with van der Waals surface area (Å²) in [5.41, 5.74) is 1.01. The topological polar surface area (TPSA) is 70.1 Å². The molecule has 0 N–H and O–H groups in total. The number of hydrogen-bond donors (Lipinski definition) is 0. The number of carbonyl (C=O) groups excluding carboxylic acids is 1. The number of anilines is 1. The van der Waals surface area contributed by atoms with Crippen LogP contribution in [-0.2, 0) is 14.8 Å². The van der Waals surface area contributed by atoms with E-state index in [-0.39, 0.29) is 15.3 Å². The number of carbonyl (C=O) groups is 1. The molecular formula is C17H14ClN3O3S4. The highest BCUT2D eigenvalue weighted by Crippen LogP contribution is 2.49. The molecule has 0 bridgehead atoms. The van der Waals surface area contributed by atoms with E-state index in [4.69, 9.17) is 11.6 Å². The van der Waals surface area contributed by atoms with Crippen molar-refractivity contribution in [3.8, 4) is 0 Å². The lowest BCUT2D eigenvalue weighted by atomic mass is 10.3. The molecule has 0 unspecified atom stereocenters. The molecule has 4 rings (SSSR count). The number of amides is 1. The zero-order valence-electron chi connectivity index (χ0n) is 14.7. The van der Waals surface area contributed by atoms with Crippen LogP contribution in [0.1, 0.15) is 6.92 Å². The second kappa shape index (κ2) is 7.42. The smallest absolute Gasteiger partial charge is 0.294 e. The highest BCUT2D eigenvalue weighted by molar-refractivity contribution is 8.19. The molecule has 11 heteroatoms. The first-order chi connectivity index (χ1) is 13.3. The highest BCUT2D eigenvalue weighted by Gasteiger charge is 2.39. The van der Waals surface area contributed by atoms with E-state index in [1.54, 1.807) is 6.92 Å². The summed E-state index contributed by atoms with van der Waals surface area (Å²) in [5, 5.41) is 0.931. The average molecular weight is 472 g/mol.